The zero-order valence-electron chi connectivity index (χ0n) is 15.2. The standard InChI is InChI=1S/C20H30N2O2/c1-4-5-6-7-8-9-10-13-22-18-12-11-15(2)14-17(18)19(20(22)24)21-16(3)23/h11-12,14,19H,4-10,13H2,1-3H3,(H,21,23). The van der Waals surface area contributed by atoms with E-state index < -0.39 is 6.04 Å². The highest BCUT2D eigenvalue weighted by atomic mass is 16.2. The number of hydrogen-bond donors (Lipinski definition) is 1. The Morgan fingerprint density at radius 3 is 2.46 bits per heavy atom. The van der Waals surface area contributed by atoms with Crippen molar-refractivity contribution in [1.29, 1.82) is 0 Å². The number of anilines is 1. The maximum absolute atomic E-state index is 12.7. The lowest BCUT2D eigenvalue weighted by Gasteiger charge is -2.18. The van der Waals surface area contributed by atoms with Gasteiger partial charge in [-0.2, -0.15) is 0 Å². The highest BCUT2D eigenvalue weighted by molar-refractivity contribution is 6.06. The van der Waals surface area contributed by atoms with Crippen LogP contribution in [-0.2, 0) is 9.59 Å². The zero-order valence-corrected chi connectivity index (χ0v) is 15.2. The average molecular weight is 330 g/mol. The number of benzene rings is 1. The van der Waals surface area contributed by atoms with Gasteiger partial charge in [0.25, 0.3) is 5.91 Å². The lowest BCUT2D eigenvalue weighted by atomic mass is 10.1. The van der Waals surface area contributed by atoms with Crippen molar-refractivity contribution in [3.63, 3.8) is 0 Å². The van der Waals surface area contributed by atoms with Crippen LogP contribution in [0.4, 0.5) is 5.69 Å². The van der Waals surface area contributed by atoms with Crippen LogP contribution in [0.3, 0.4) is 0 Å². The SMILES string of the molecule is CCCCCCCCCN1C(=O)C(NC(C)=O)c2cc(C)ccc21. The molecule has 0 aliphatic carbocycles. The molecule has 0 saturated carbocycles. The highest BCUT2D eigenvalue weighted by Gasteiger charge is 2.37. The first-order valence-corrected chi connectivity index (χ1v) is 9.23. The van der Waals surface area contributed by atoms with Gasteiger partial charge in [-0.05, 0) is 19.4 Å². The van der Waals surface area contributed by atoms with Crippen molar-refractivity contribution < 1.29 is 9.59 Å². The average Bonchev–Trinajstić information content (AvgIpc) is 2.78. The van der Waals surface area contributed by atoms with E-state index in [0.717, 1.165) is 36.2 Å². The van der Waals surface area contributed by atoms with E-state index in [9.17, 15) is 9.59 Å². The Kier molecular flexibility index (Phi) is 6.83. The van der Waals surface area contributed by atoms with Crippen molar-refractivity contribution in [2.45, 2.75) is 71.8 Å². The Morgan fingerprint density at radius 2 is 1.79 bits per heavy atom. The smallest absolute Gasteiger partial charge is 0.254 e. The largest absolute Gasteiger partial charge is 0.341 e. The molecule has 0 spiro atoms. The first kappa shape index (κ1) is 18.5. The van der Waals surface area contributed by atoms with Crippen LogP contribution in [0.25, 0.3) is 0 Å². The second-order valence-corrected chi connectivity index (χ2v) is 6.81. The number of hydrogen-bond acceptors (Lipinski definition) is 2. The number of nitrogens with zero attached hydrogens (tertiary/aromatic N) is 1. The number of aryl methyl sites for hydroxylation is 1. The molecule has 1 aromatic carbocycles. The van der Waals surface area contributed by atoms with Gasteiger partial charge in [0.2, 0.25) is 5.91 Å². The quantitative estimate of drug-likeness (QED) is 0.687. The van der Waals surface area contributed by atoms with E-state index in [1.165, 1.54) is 39.0 Å². The van der Waals surface area contributed by atoms with Crippen LogP contribution >= 0.6 is 0 Å². The fourth-order valence-corrected chi connectivity index (χ4v) is 3.36. The zero-order chi connectivity index (χ0) is 17.5. The van der Waals surface area contributed by atoms with Crippen LogP contribution in [-0.4, -0.2) is 18.4 Å². The summed E-state index contributed by atoms with van der Waals surface area (Å²) < 4.78 is 0. The Morgan fingerprint density at radius 1 is 1.12 bits per heavy atom. The van der Waals surface area contributed by atoms with E-state index in [2.05, 4.69) is 12.2 Å². The van der Waals surface area contributed by atoms with Crippen LogP contribution in [0.1, 0.15) is 76.0 Å². The lowest BCUT2D eigenvalue weighted by Crippen LogP contribution is -2.37. The minimum atomic E-state index is -0.526. The van der Waals surface area contributed by atoms with E-state index in [0.29, 0.717) is 0 Å². The van der Waals surface area contributed by atoms with Crippen molar-refractivity contribution in [3.05, 3.63) is 29.3 Å². The molecule has 1 N–H and O–H groups in total. The maximum Gasteiger partial charge on any atom is 0.254 e. The van der Waals surface area contributed by atoms with Gasteiger partial charge in [-0.1, -0.05) is 63.1 Å². The number of rotatable bonds is 9. The van der Waals surface area contributed by atoms with Crippen molar-refractivity contribution in [3.8, 4) is 0 Å². The Bertz CT molecular complexity index is 583. The van der Waals surface area contributed by atoms with E-state index in [1.54, 1.807) is 0 Å². The summed E-state index contributed by atoms with van der Waals surface area (Å²) in [6.07, 6.45) is 8.58. The first-order valence-electron chi connectivity index (χ1n) is 9.23. The van der Waals surface area contributed by atoms with Crippen LogP contribution in [0.5, 0.6) is 0 Å². The lowest BCUT2D eigenvalue weighted by molar-refractivity contribution is -0.126. The van der Waals surface area contributed by atoms with Gasteiger partial charge in [-0.3, -0.25) is 9.59 Å². The van der Waals surface area contributed by atoms with Gasteiger partial charge in [0, 0.05) is 24.7 Å². The third-order valence-corrected chi connectivity index (χ3v) is 4.63. The van der Waals surface area contributed by atoms with Gasteiger partial charge in [-0.15, -0.1) is 0 Å². The third-order valence-electron chi connectivity index (χ3n) is 4.63. The third kappa shape index (κ3) is 4.59. The number of fused-ring (bicyclic) bond motifs is 1. The van der Waals surface area contributed by atoms with Crippen molar-refractivity contribution in [2.24, 2.45) is 0 Å². The summed E-state index contributed by atoms with van der Waals surface area (Å²) in [5, 5.41) is 2.80. The Hall–Kier alpha value is -1.84. The number of carbonyl (C=O) groups is 2. The normalized spacial score (nSPS) is 16.4. The molecule has 1 atom stereocenters. The topological polar surface area (TPSA) is 49.4 Å². The number of unbranched alkanes of at least 4 members (excludes halogenated alkanes) is 6. The molecule has 24 heavy (non-hydrogen) atoms. The fourth-order valence-electron chi connectivity index (χ4n) is 3.36. The molecule has 0 saturated heterocycles. The van der Waals surface area contributed by atoms with E-state index in [1.807, 2.05) is 30.0 Å². The molecule has 0 fully saturated rings. The number of carbonyl (C=O) groups excluding carboxylic acids is 2. The van der Waals surface area contributed by atoms with E-state index in [-0.39, 0.29) is 11.8 Å². The predicted molar refractivity (Wildman–Crippen MR) is 98.1 cm³/mol. The summed E-state index contributed by atoms with van der Waals surface area (Å²) in [5.41, 5.74) is 2.99. The van der Waals surface area contributed by atoms with Crippen molar-refractivity contribution in [1.82, 2.24) is 5.32 Å². The molecule has 4 nitrogen and oxygen atoms in total. The molecule has 132 valence electrons. The van der Waals surface area contributed by atoms with Crippen molar-refractivity contribution >= 4 is 17.5 Å². The molecular formula is C20H30N2O2. The molecule has 0 aromatic heterocycles. The minimum Gasteiger partial charge on any atom is -0.341 e. The summed E-state index contributed by atoms with van der Waals surface area (Å²) in [7, 11) is 0. The molecule has 2 amide bonds. The molecule has 1 aromatic rings. The van der Waals surface area contributed by atoms with E-state index >= 15 is 0 Å². The van der Waals surface area contributed by atoms with E-state index in [4.69, 9.17) is 0 Å². The Labute approximate surface area is 145 Å². The van der Waals surface area contributed by atoms with Gasteiger partial charge >= 0.3 is 0 Å². The predicted octanol–water partition coefficient (Wildman–Crippen LogP) is 4.27. The van der Waals surface area contributed by atoms with Gasteiger partial charge in [0.15, 0.2) is 0 Å². The molecule has 1 heterocycles. The van der Waals surface area contributed by atoms with Gasteiger partial charge in [0.1, 0.15) is 6.04 Å². The summed E-state index contributed by atoms with van der Waals surface area (Å²) in [5.74, 6) is -0.171. The summed E-state index contributed by atoms with van der Waals surface area (Å²) in [4.78, 5) is 26.0. The second kappa shape index (κ2) is 8.86. The maximum atomic E-state index is 12.7. The van der Waals surface area contributed by atoms with Crippen LogP contribution in [0.15, 0.2) is 18.2 Å². The summed E-state index contributed by atoms with van der Waals surface area (Å²) >= 11 is 0. The number of nitrogens with one attached hydrogen (secondary N) is 1. The summed E-state index contributed by atoms with van der Waals surface area (Å²) in [6.45, 7) is 6.43. The summed E-state index contributed by atoms with van der Waals surface area (Å²) in [6, 6.07) is 5.52. The van der Waals surface area contributed by atoms with Crippen LogP contribution < -0.4 is 10.2 Å². The molecule has 4 heteroatoms. The van der Waals surface area contributed by atoms with Gasteiger partial charge in [0.05, 0.1) is 0 Å². The molecule has 2 rings (SSSR count). The van der Waals surface area contributed by atoms with Gasteiger partial charge < -0.3 is 10.2 Å². The molecule has 1 aliphatic heterocycles. The molecular weight excluding hydrogens is 300 g/mol. The Balaban J connectivity index is 1.95. The minimum absolute atomic E-state index is 0.00298. The first-order chi connectivity index (χ1) is 11.5. The van der Waals surface area contributed by atoms with Gasteiger partial charge in [-0.25, -0.2) is 0 Å². The van der Waals surface area contributed by atoms with Crippen molar-refractivity contribution in [2.75, 3.05) is 11.4 Å². The monoisotopic (exact) mass is 330 g/mol. The van der Waals surface area contributed by atoms with Crippen LogP contribution in [0, 0.1) is 6.92 Å². The number of amides is 2. The second-order valence-electron chi connectivity index (χ2n) is 6.81. The fraction of sp³-hybridized carbons (Fsp3) is 0.600. The molecule has 1 aliphatic rings. The molecule has 1 unspecified atom stereocenters. The molecule has 0 bridgehead atoms. The highest BCUT2D eigenvalue weighted by Crippen LogP contribution is 2.36. The van der Waals surface area contributed by atoms with Crippen LogP contribution in [0.2, 0.25) is 0 Å². The molecule has 0 radical (unpaired) electrons.